The average molecular weight is 389 g/mol. The minimum Gasteiger partial charge on any atom is -0.406 e. The summed E-state index contributed by atoms with van der Waals surface area (Å²) in [5.41, 5.74) is 2.62. The number of hydrogen-bond donors (Lipinski definition) is 0. The molecule has 1 atom stereocenters. The molecule has 2 aromatic carbocycles. The first kappa shape index (κ1) is 18.3. The number of carbonyl (C=O) groups is 1. The van der Waals surface area contributed by atoms with Crippen molar-refractivity contribution in [3.63, 3.8) is 0 Å². The fourth-order valence-electron chi connectivity index (χ4n) is 3.56. The number of likely N-dealkylation sites (tertiary alicyclic amines) is 1. The summed E-state index contributed by atoms with van der Waals surface area (Å²) >= 11 is 0. The molecule has 1 aromatic heterocycles. The Labute approximate surface area is 159 Å². The highest BCUT2D eigenvalue weighted by Crippen LogP contribution is 2.27. The standard InChI is InChI=1S/C20H18F3N3O2/c21-20(22,23)28-16-7-5-14(6-8-16)11-19(27)25-10-9-15(12-25)26-13-24-17-3-1-2-4-18(17)26/h1-8,13,15H,9-12H2/t15-/m1/s1. The maximum atomic E-state index is 12.6. The van der Waals surface area contributed by atoms with Crippen LogP contribution in [0.15, 0.2) is 54.9 Å². The molecule has 0 bridgehead atoms. The fraction of sp³-hybridized carbons (Fsp3) is 0.300. The van der Waals surface area contributed by atoms with Gasteiger partial charge in [-0.3, -0.25) is 4.79 Å². The molecular weight excluding hydrogens is 371 g/mol. The Morgan fingerprint density at radius 3 is 2.64 bits per heavy atom. The quantitative estimate of drug-likeness (QED) is 0.679. The second kappa shape index (κ2) is 7.18. The smallest absolute Gasteiger partial charge is 0.406 e. The number of alkyl halides is 3. The third-order valence-corrected chi connectivity index (χ3v) is 4.90. The summed E-state index contributed by atoms with van der Waals surface area (Å²) in [6, 6.07) is 13.4. The van der Waals surface area contributed by atoms with Gasteiger partial charge in [-0.2, -0.15) is 0 Å². The number of carbonyl (C=O) groups excluding carboxylic acids is 1. The molecule has 146 valence electrons. The summed E-state index contributed by atoms with van der Waals surface area (Å²) < 4.78 is 42.6. The van der Waals surface area contributed by atoms with Crippen LogP contribution in [0.4, 0.5) is 13.2 Å². The zero-order chi connectivity index (χ0) is 19.7. The minimum atomic E-state index is -4.72. The molecule has 0 aliphatic carbocycles. The number of fused-ring (bicyclic) bond motifs is 1. The van der Waals surface area contributed by atoms with Gasteiger partial charge in [-0.25, -0.2) is 4.98 Å². The van der Waals surface area contributed by atoms with Crippen molar-refractivity contribution in [2.45, 2.75) is 25.2 Å². The molecule has 0 unspecified atom stereocenters. The fourth-order valence-corrected chi connectivity index (χ4v) is 3.56. The molecule has 4 rings (SSSR count). The van der Waals surface area contributed by atoms with E-state index in [1.54, 1.807) is 4.90 Å². The molecule has 1 saturated heterocycles. The predicted octanol–water partition coefficient (Wildman–Crippen LogP) is 3.95. The van der Waals surface area contributed by atoms with Gasteiger partial charge in [0.2, 0.25) is 5.91 Å². The van der Waals surface area contributed by atoms with Gasteiger partial charge in [0.05, 0.1) is 29.8 Å². The van der Waals surface area contributed by atoms with Crippen LogP contribution in [0.3, 0.4) is 0 Å². The summed E-state index contributed by atoms with van der Waals surface area (Å²) in [5.74, 6) is -0.340. The van der Waals surface area contributed by atoms with E-state index < -0.39 is 6.36 Å². The van der Waals surface area contributed by atoms with Crippen LogP contribution in [0.5, 0.6) is 5.75 Å². The zero-order valence-electron chi connectivity index (χ0n) is 14.9. The lowest BCUT2D eigenvalue weighted by atomic mass is 10.1. The Morgan fingerprint density at radius 1 is 1.14 bits per heavy atom. The molecule has 1 aliphatic rings. The van der Waals surface area contributed by atoms with E-state index >= 15 is 0 Å². The number of nitrogens with zero attached hydrogens (tertiary/aromatic N) is 3. The lowest BCUT2D eigenvalue weighted by Crippen LogP contribution is -2.30. The van der Waals surface area contributed by atoms with Crippen molar-refractivity contribution in [2.24, 2.45) is 0 Å². The van der Waals surface area contributed by atoms with Crippen LogP contribution in [0.1, 0.15) is 18.0 Å². The number of ether oxygens (including phenoxy) is 1. The highest BCUT2D eigenvalue weighted by Gasteiger charge is 2.31. The number of halogens is 3. The molecule has 5 nitrogen and oxygen atoms in total. The van der Waals surface area contributed by atoms with Gasteiger partial charge < -0.3 is 14.2 Å². The molecule has 1 fully saturated rings. The molecule has 0 spiro atoms. The summed E-state index contributed by atoms with van der Waals surface area (Å²) in [5, 5.41) is 0. The first-order valence-corrected chi connectivity index (χ1v) is 8.93. The van der Waals surface area contributed by atoms with Gasteiger partial charge in [0.15, 0.2) is 0 Å². The Kier molecular flexibility index (Phi) is 4.70. The molecule has 0 saturated carbocycles. The summed E-state index contributed by atoms with van der Waals surface area (Å²) in [4.78, 5) is 18.8. The van der Waals surface area contributed by atoms with E-state index in [1.165, 1.54) is 24.3 Å². The van der Waals surface area contributed by atoms with E-state index in [-0.39, 0.29) is 24.1 Å². The van der Waals surface area contributed by atoms with Crippen LogP contribution in [0.2, 0.25) is 0 Å². The van der Waals surface area contributed by atoms with Crippen molar-refractivity contribution >= 4 is 16.9 Å². The lowest BCUT2D eigenvalue weighted by Gasteiger charge is -2.18. The Balaban J connectivity index is 1.38. The lowest BCUT2D eigenvalue weighted by molar-refractivity contribution is -0.274. The van der Waals surface area contributed by atoms with E-state index in [4.69, 9.17) is 0 Å². The summed E-state index contributed by atoms with van der Waals surface area (Å²) in [7, 11) is 0. The van der Waals surface area contributed by atoms with Crippen molar-refractivity contribution in [3.05, 3.63) is 60.4 Å². The topological polar surface area (TPSA) is 47.4 Å². The third kappa shape index (κ3) is 3.95. The Bertz CT molecular complexity index is 982. The molecule has 1 amide bonds. The SMILES string of the molecule is O=C(Cc1ccc(OC(F)(F)F)cc1)N1CC[C@@H](n2cnc3ccccc32)C1. The number of rotatable bonds is 4. The second-order valence-corrected chi connectivity index (χ2v) is 6.79. The van der Waals surface area contributed by atoms with Gasteiger partial charge in [0.1, 0.15) is 5.75 Å². The van der Waals surface area contributed by atoms with Crippen LogP contribution < -0.4 is 4.74 Å². The normalized spacial score (nSPS) is 17.2. The first-order chi connectivity index (χ1) is 13.4. The Morgan fingerprint density at radius 2 is 1.89 bits per heavy atom. The molecule has 2 heterocycles. The number of imidazole rings is 1. The highest BCUT2D eigenvalue weighted by atomic mass is 19.4. The van der Waals surface area contributed by atoms with E-state index in [1.807, 2.05) is 30.6 Å². The third-order valence-electron chi connectivity index (χ3n) is 4.90. The van der Waals surface area contributed by atoms with Gasteiger partial charge in [-0.05, 0) is 36.2 Å². The number of para-hydroxylation sites is 2. The van der Waals surface area contributed by atoms with Crippen molar-refractivity contribution in [1.82, 2.24) is 14.5 Å². The molecule has 8 heteroatoms. The Hall–Kier alpha value is -3.03. The number of amides is 1. The van der Waals surface area contributed by atoms with Gasteiger partial charge >= 0.3 is 6.36 Å². The minimum absolute atomic E-state index is 0.0450. The van der Waals surface area contributed by atoms with Crippen LogP contribution >= 0.6 is 0 Å². The van der Waals surface area contributed by atoms with Gasteiger partial charge in [0.25, 0.3) is 0 Å². The number of benzene rings is 2. The van der Waals surface area contributed by atoms with E-state index in [0.717, 1.165) is 17.5 Å². The van der Waals surface area contributed by atoms with Crippen molar-refractivity contribution < 1.29 is 22.7 Å². The van der Waals surface area contributed by atoms with Crippen molar-refractivity contribution in [2.75, 3.05) is 13.1 Å². The van der Waals surface area contributed by atoms with Crippen LogP contribution in [0, 0.1) is 0 Å². The monoisotopic (exact) mass is 389 g/mol. The highest BCUT2D eigenvalue weighted by molar-refractivity contribution is 5.79. The van der Waals surface area contributed by atoms with E-state index in [2.05, 4.69) is 14.3 Å². The first-order valence-electron chi connectivity index (χ1n) is 8.93. The van der Waals surface area contributed by atoms with Crippen molar-refractivity contribution in [3.8, 4) is 5.75 Å². The molecular formula is C20H18F3N3O2. The van der Waals surface area contributed by atoms with Crippen molar-refractivity contribution in [1.29, 1.82) is 0 Å². The molecule has 3 aromatic rings. The summed E-state index contributed by atoms with van der Waals surface area (Å²) in [6.45, 7) is 1.24. The number of hydrogen-bond acceptors (Lipinski definition) is 3. The molecule has 1 aliphatic heterocycles. The van der Waals surface area contributed by atoms with Gasteiger partial charge in [-0.15, -0.1) is 13.2 Å². The second-order valence-electron chi connectivity index (χ2n) is 6.79. The van der Waals surface area contributed by atoms with E-state index in [0.29, 0.717) is 18.7 Å². The molecule has 0 radical (unpaired) electrons. The maximum absolute atomic E-state index is 12.6. The number of aromatic nitrogens is 2. The average Bonchev–Trinajstić information content (AvgIpc) is 3.28. The molecule has 28 heavy (non-hydrogen) atoms. The largest absolute Gasteiger partial charge is 0.573 e. The predicted molar refractivity (Wildman–Crippen MR) is 96.8 cm³/mol. The van der Waals surface area contributed by atoms with Crippen LogP contribution in [-0.2, 0) is 11.2 Å². The van der Waals surface area contributed by atoms with Crippen LogP contribution in [0.25, 0.3) is 11.0 Å². The maximum Gasteiger partial charge on any atom is 0.573 e. The van der Waals surface area contributed by atoms with Gasteiger partial charge in [-0.1, -0.05) is 24.3 Å². The van der Waals surface area contributed by atoms with Gasteiger partial charge in [0, 0.05) is 13.1 Å². The van der Waals surface area contributed by atoms with Crippen LogP contribution in [-0.4, -0.2) is 39.8 Å². The zero-order valence-corrected chi connectivity index (χ0v) is 14.9. The molecule has 0 N–H and O–H groups in total. The summed E-state index contributed by atoms with van der Waals surface area (Å²) in [6.07, 6.45) is -1.93. The van der Waals surface area contributed by atoms with E-state index in [9.17, 15) is 18.0 Å².